The number of nitrogens with zero attached hydrogens (tertiary/aromatic N) is 1. The third-order valence-corrected chi connectivity index (χ3v) is 3.86. The lowest BCUT2D eigenvalue weighted by molar-refractivity contribution is -0.384. The Kier molecular flexibility index (Phi) is 4.74. The monoisotopic (exact) mass is 293 g/mol. The fourth-order valence-corrected chi connectivity index (χ4v) is 2.62. The van der Waals surface area contributed by atoms with E-state index in [0.29, 0.717) is 12.2 Å². The Labute approximate surface area is 122 Å². The summed E-state index contributed by atoms with van der Waals surface area (Å²) in [7, 11) is 1.48. The van der Waals surface area contributed by atoms with Crippen molar-refractivity contribution in [3.63, 3.8) is 0 Å². The Bertz CT molecular complexity index is 547. The first-order chi connectivity index (χ1) is 10.0. The predicted molar refractivity (Wildman–Crippen MR) is 78.3 cm³/mol. The third kappa shape index (κ3) is 3.49. The van der Waals surface area contributed by atoms with Crippen LogP contribution in [0, 0.1) is 16.0 Å². The Balaban J connectivity index is 2.17. The number of nitro benzene ring substituents is 1. The number of nitro groups is 1. The predicted octanol–water partition coefficient (Wildman–Crippen LogP) is 1.53. The van der Waals surface area contributed by atoms with Gasteiger partial charge in [-0.05, 0) is 18.9 Å². The highest BCUT2D eigenvalue weighted by molar-refractivity contribution is 6.00. The van der Waals surface area contributed by atoms with Crippen molar-refractivity contribution in [2.45, 2.75) is 25.4 Å². The lowest BCUT2D eigenvalue weighted by Gasteiger charge is -2.17. The van der Waals surface area contributed by atoms with Gasteiger partial charge >= 0.3 is 0 Å². The molecule has 7 nitrogen and oxygen atoms in total. The van der Waals surface area contributed by atoms with Crippen molar-refractivity contribution in [3.05, 3.63) is 33.9 Å². The van der Waals surface area contributed by atoms with E-state index in [1.54, 1.807) is 0 Å². The smallest absolute Gasteiger partial charge is 0.270 e. The van der Waals surface area contributed by atoms with Crippen LogP contribution in [0.3, 0.4) is 0 Å². The summed E-state index contributed by atoms with van der Waals surface area (Å²) in [6.45, 7) is 0.545. The van der Waals surface area contributed by atoms with Gasteiger partial charge in [0.05, 0.1) is 16.6 Å². The van der Waals surface area contributed by atoms with Crippen molar-refractivity contribution >= 4 is 17.3 Å². The highest BCUT2D eigenvalue weighted by Crippen LogP contribution is 2.27. The summed E-state index contributed by atoms with van der Waals surface area (Å²) in [5.74, 6) is -0.231. The molecule has 3 N–H and O–H groups in total. The van der Waals surface area contributed by atoms with Crippen molar-refractivity contribution in [1.82, 2.24) is 5.32 Å². The summed E-state index contributed by atoms with van der Waals surface area (Å²) in [6.07, 6.45) is 2.42. The van der Waals surface area contributed by atoms with E-state index in [-0.39, 0.29) is 29.2 Å². The van der Waals surface area contributed by atoms with Crippen LogP contribution in [0.1, 0.15) is 29.6 Å². The second-order valence-electron chi connectivity index (χ2n) is 5.21. The zero-order chi connectivity index (χ0) is 15.4. The number of hydrogen-bond acceptors (Lipinski definition) is 5. The standard InChI is InChI=1S/C14H19N3O4/c1-15-14(19)11-7-10(17(20)21)5-6-12(11)16-8-9-3-2-4-13(9)18/h5-7,9,13,16,18H,2-4,8H2,1H3,(H,15,19)/t9-,13+/m1/s1. The van der Waals surface area contributed by atoms with Gasteiger partial charge in [-0.1, -0.05) is 6.42 Å². The largest absolute Gasteiger partial charge is 0.393 e. The Morgan fingerprint density at radius 2 is 2.24 bits per heavy atom. The molecule has 0 spiro atoms. The van der Waals surface area contributed by atoms with Gasteiger partial charge in [-0.2, -0.15) is 0 Å². The molecule has 1 fully saturated rings. The molecule has 2 rings (SSSR count). The van der Waals surface area contributed by atoms with Gasteiger partial charge in [-0.25, -0.2) is 0 Å². The minimum Gasteiger partial charge on any atom is -0.393 e. The van der Waals surface area contributed by atoms with E-state index in [1.165, 1.54) is 25.2 Å². The number of amides is 1. The van der Waals surface area contributed by atoms with Gasteiger partial charge in [0.15, 0.2) is 0 Å². The lowest BCUT2D eigenvalue weighted by Crippen LogP contribution is -2.24. The number of aliphatic hydroxyl groups excluding tert-OH is 1. The molecule has 0 aliphatic heterocycles. The first-order valence-corrected chi connectivity index (χ1v) is 6.95. The summed E-state index contributed by atoms with van der Waals surface area (Å²) >= 11 is 0. The molecule has 1 aromatic rings. The zero-order valence-corrected chi connectivity index (χ0v) is 11.8. The highest BCUT2D eigenvalue weighted by atomic mass is 16.6. The SMILES string of the molecule is CNC(=O)c1cc([N+](=O)[O-])ccc1NC[C@H]1CCC[C@@H]1O. The number of carbonyl (C=O) groups excluding carboxylic acids is 1. The molecular formula is C14H19N3O4. The molecule has 1 aliphatic rings. The maximum atomic E-state index is 11.8. The molecule has 0 bridgehead atoms. The lowest BCUT2D eigenvalue weighted by atomic mass is 10.1. The van der Waals surface area contributed by atoms with Crippen LogP contribution in [0.4, 0.5) is 11.4 Å². The van der Waals surface area contributed by atoms with Crippen LogP contribution in [0.2, 0.25) is 0 Å². The fourth-order valence-electron chi connectivity index (χ4n) is 2.62. The van der Waals surface area contributed by atoms with Crippen LogP contribution < -0.4 is 10.6 Å². The maximum Gasteiger partial charge on any atom is 0.270 e. The molecule has 0 aromatic heterocycles. The van der Waals surface area contributed by atoms with Crippen molar-refractivity contribution < 1.29 is 14.8 Å². The van der Waals surface area contributed by atoms with Gasteiger partial charge < -0.3 is 15.7 Å². The molecule has 7 heteroatoms. The Morgan fingerprint density at radius 1 is 1.48 bits per heavy atom. The van der Waals surface area contributed by atoms with Gasteiger partial charge in [0, 0.05) is 37.3 Å². The topological polar surface area (TPSA) is 104 Å². The van der Waals surface area contributed by atoms with E-state index in [2.05, 4.69) is 10.6 Å². The van der Waals surface area contributed by atoms with E-state index in [4.69, 9.17) is 0 Å². The number of hydrogen-bond donors (Lipinski definition) is 3. The molecule has 1 aliphatic carbocycles. The van der Waals surface area contributed by atoms with E-state index in [9.17, 15) is 20.0 Å². The summed E-state index contributed by atoms with van der Waals surface area (Å²) < 4.78 is 0. The number of non-ortho nitro benzene ring substituents is 1. The zero-order valence-electron chi connectivity index (χ0n) is 11.8. The Morgan fingerprint density at radius 3 is 2.81 bits per heavy atom. The molecule has 0 saturated heterocycles. The van der Waals surface area contributed by atoms with Crippen LogP contribution >= 0.6 is 0 Å². The van der Waals surface area contributed by atoms with Crippen LogP contribution in [-0.4, -0.2) is 35.6 Å². The molecule has 1 saturated carbocycles. The first kappa shape index (κ1) is 15.2. The highest BCUT2D eigenvalue weighted by Gasteiger charge is 2.25. The number of rotatable bonds is 5. The van der Waals surface area contributed by atoms with Crippen molar-refractivity contribution in [2.24, 2.45) is 5.92 Å². The number of benzene rings is 1. The molecule has 1 amide bonds. The third-order valence-electron chi connectivity index (χ3n) is 3.86. The van der Waals surface area contributed by atoms with Crippen LogP contribution in [0.5, 0.6) is 0 Å². The van der Waals surface area contributed by atoms with E-state index in [1.807, 2.05) is 0 Å². The average Bonchev–Trinajstić information content (AvgIpc) is 2.89. The van der Waals surface area contributed by atoms with Gasteiger partial charge in [0.2, 0.25) is 0 Å². The number of nitrogens with one attached hydrogen (secondary N) is 2. The van der Waals surface area contributed by atoms with E-state index in [0.717, 1.165) is 19.3 Å². The summed E-state index contributed by atoms with van der Waals surface area (Å²) in [4.78, 5) is 22.1. The first-order valence-electron chi connectivity index (χ1n) is 6.95. The molecule has 1 aromatic carbocycles. The normalized spacial score (nSPS) is 21.0. The number of aliphatic hydroxyl groups is 1. The summed E-state index contributed by atoms with van der Waals surface area (Å²) in [5.41, 5.74) is 0.651. The minimum atomic E-state index is -0.531. The molecule has 0 radical (unpaired) electrons. The molecule has 114 valence electrons. The molecule has 21 heavy (non-hydrogen) atoms. The van der Waals surface area contributed by atoms with Gasteiger partial charge in [0.1, 0.15) is 0 Å². The quantitative estimate of drug-likeness (QED) is 0.564. The van der Waals surface area contributed by atoms with Crippen LogP contribution in [0.25, 0.3) is 0 Å². The van der Waals surface area contributed by atoms with E-state index < -0.39 is 4.92 Å². The van der Waals surface area contributed by atoms with E-state index >= 15 is 0 Å². The van der Waals surface area contributed by atoms with Crippen LogP contribution in [0.15, 0.2) is 18.2 Å². The summed E-state index contributed by atoms with van der Waals surface area (Å²) in [6, 6.07) is 4.15. The second kappa shape index (κ2) is 6.53. The fraction of sp³-hybridized carbons (Fsp3) is 0.500. The second-order valence-corrected chi connectivity index (χ2v) is 5.21. The van der Waals surface area contributed by atoms with Crippen LogP contribution in [-0.2, 0) is 0 Å². The van der Waals surface area contributed by atoms with Crippen molar-refractivity contribution in [3.8, 4) is 0 Å². The van der Waals surface area contributed by atoms with Gasteiger partial charge in [0.25, 0.3) is 11.6 Å². The Hall–Kier alpha value is -2.15. The number of carbonyl (C=O) groups is 1. The number of anilines is 1. The molecule has 0 unspecified atom stereocenters. The van der Waals surface area contributed by atoms with Gasteiger partial charge in [-0.15, -0.1) is 0 Å². The van der Waals surface area contributed by atoms with Crippen molar-refractivity contribution in [1.29, 1.82) is 0 Å². The average molecular weight is 293 g/mol. The van der Waals surface area contributed by atoms with Crippen molar-refractivity contribution in [2.75, 3.05) is 18.9 Å². The maximum absolute atomic E-state index is 11.8. The summed E-state index contributed by atoms with van der Waals surface area (Å²) in [5, 5.41) is 26.2. The molecule has 0 heterocycles. The molecular weight excluding hydrogens is 274 g/mol. The molecule has 2 atom stereocenters. The minimum absolute atomic E-state index is 0.125. The van der Waals surface area contributed by atoms with Gasteiger partial charge in [-0.3, -0.25) is 14.9 Å².